The average Bonchev–Trinajstić information content (AvgIpc) is 2.96. The van der Waals surface area contributed by atoms with E-state index >= 15 is 0 Å². The van der Waals surface area contributed by atoms with Crippen LogP contribution in [0.4, 0.5) is 11.4 Å². The molecule has 0 N–H and O–H groups in total. The van der Waals surface area contributed by atoms with Crippen LogP contribution in [0.25, 0.3) is 0 Å². The fraction of sp³-hybridized carbons (Fsp3) is 0.412. The summed E-state index contributed by atoms with van der Waals surface area (Å²) in [5, 5.41) is 2.64. The van der Waals surface area contributed by atoms with Crippen molar-refractivity contribution >= 4 is 28.6 Å². The molecule has 122 valence electrons. The van der Waals surface area contributed by atoms with E-state index in [1.807, 2.05) is 28.5 Å². The summed E-state index contributed by atoms with van der Waals surface area (Å²) >= 11 is 1.46. The molecule has 1 aromatic carbocycles. The van der Waals surface area contributed by atoms with E-state index in [4.69, 9.17) is 4.74 Å². The third kappa shape index (κ3) is 3.23. The second kappa shape index (κ2) is 6.68. The Kier molecular flexibility index (Phi) is 4.63. The van der Waals surface area contributed by atoms with E-state index < -0.39 is 0 Å². The molecular formula is C17H21N3O2S. The van der Waals surface area contributed by atoms with Gasteiger partial charge in [-0.25, -0.2) is 4.98 Å². The number of hydrogen-bond donors (Lipinski definition) is 0. The number of benzene rings is 1. The minimum Gasteiger partial charge on any atom is -0.378 e. The number of para-hydroxylation sites is 2. The summed E-state index contributed by atoms with van der Waals surface area (Å²) in [4.78, 5) is 21.5. The summed E-state index contributed by atoms with van der Waals surface area (Å²) in [5.41, 5.74) is 2.52. The average molecular weight is 331 g/mol. The Morgan fingerprint density at radius 1 is 1.35 bits per heavy atom. The molecule has 2 heterocycles. The Morgan fingerprint density at radius 3 is 2.83 bits per heavy atom. The molecule has 0 radical (unpaired) electrons. The Labute approximate surface area is 140 Å². The molecule has 3 rings (SSSR count). The van der Waals surface area contributed by atoms with Crippen LogP contribution in [0.2, 0.25) is 0 Å². The van der Waals surface area contributed by atoms with Crippen LogP contribution >= 0.6 is 11.3 Å². The Bertz CT molecular complexity index is 701. The molecule has 1 aliphatic heterocycles. The molecule has 0 aliphatic carbocycles. The molecule has 1 aliphatic rings. The van der Waals surface area contributed by atoms with Crippen molar-refractivity contribution in [3.8, 4) is 0 Å². The number of amides is 1. The number of anilines is 2. The zero-order valence-electron chi connectivity index (χ0n) is 13.7. The molecule has 5 nitrogen and oxygen atoms in total. The van der Waals surface area contributed by atoms with Crippen LogP contribution in [0.5, 0.6) is 0 Å². The lowest BCUT2D eigenvalue weighted by atomic mass is 10.1. The SMILES string of the molecule is COCc1nc(C(=O)N2CC(C)CN(C)c3ccccc32)cs1. The quantitative estimate of drug-likeness (QED) is 0.867. The van der Waals surface area contributed by atoms with Crippen molar-refractivity contribution in [3.05, 3.63) is 40.3 Å². The zero-order valence-corrected chi connectivity index (χ0v) is 14.5. The first-order valence-corrected chi connectivity index (χ1v) is 8.53. The summed E-state index contributed by atoms with van der Waals surface area (Å²) in [6.07, 6.45) is 0. The first-order chi connectivity index (χ1) is 11.1. The summed E-state index contributed by atoms with van der Waals surface area (Å²) in [7, 11) is 3.70. The molecule has 0 saturated carbocycles. The largest absolute Gasteiger partial charge is 0.378 e. The molecular weight excluding hydrogens is 310 g/mol. The number of carbonyl (C=O) groups is 1. The summed E-state index contributed by atoms with van der Waals surface area (Å²) in [6, 6.07) is 8.04. The van der Waals surface area contributed by atoms with Gasteiger partial charge in [-0.2, -0.15) is 0 Å². The number of ether oxygens (including phenoxy) is 1. The van der Waals surface area contributed by atoms with Crippen molar-refractivity contribution in [2.75, 3.05) is 37.0 Å². The molecule has 0 fully saturated rings. The number of carbonyl (C=O) groups excluding carboxylic acids is 1. The monoisotopic (exact) mass is 331 g/mol. The summed E-state index contributed by atoms with van der Waals surface area (Å²) in [6.45, 7) is 4.22. The highest BCUT2D eigenvalue weighted by Crippen LogP contribution is 2.33. The van der Waals surface area contributed by atoms with Gasteiger partial charge in [0.2, 0.25) is 0 Å². The van der Waals surface area contributed by atoms with Crippen LogP contribution in [0.1, 0.15) is 22.4 Å². The standard InChI is InChI=1S/C17H21N3O2S/c1-12-8-19(2)14-6-4-5-7-15(14)20(9-12)17(21)13-11-23-16(18-13)10-22-3/h4-7,11-12H,8-10H2,1-3H3. The number of aromatic nitrogens is 1. The third-order valence-electron chi connectivity index (χ3n) is 3.95. The second-order valence-corrected chi connectivity index (χ2v) is 6.89. The Morgan fingerprint density at radius 2 is 2.09 bits per heavy atom. The molecule has 0 spiro atoms. The molecule has 1 amide bonds. The Hall–Kier alpha value is -1.92. The van der Waals surface area contributed by atoms with E-state index in [-0.39, 0.29) is 5.91 Å². The van der Waals surface area contributed by atoms with Gasteiger partial charge >= 0.3 is 0 Å². The lowest BCUT2D eigenvalue weighted by molar-refractivity contribution is 0.0979. The van der Waals surface area contributed by atoms with Gasteiger partial charge in [0.15, 0.2) is 0 Å². The number of methoxy groups -OCH3 is 1. The van der Waals surface area contributed by atoms with E-state index in [9.17, 15) is 4.79 Å². The van der Waals surface area contributed by atoms with E-state index in [1.165, 1.54) is 11.3 Å². The molecule has 1 unspecified atom stereocenters. The van der Waals surface area contributed by atoms with Gasteiger partial charge in [-0.05, 0) is 18.1 Å². The van der Waals surface area contributed by atoms with Gasteiger partial charge in [0.25, 0.3) is 5.91 Å². The first kappa shape index (κ1) is 16.0. The molecule has 6 heteroatoms. The minimum atomic E-state index is -0.0433. The molecule has 1 aromatic heterocycles. The van der Waals surface area contributed by atoms with Crippen molar-refractivity contribution in [1.82, 2.24) is 4.98 Å². The van der Waals surface area contributed by atoms with Gasteiger partial charge in [-0.3, -0.25) is 4.79 Å². The number of fused-ring (bicyclic) bond motifs is 1. The Balaban J connectivity index is 1.96. The van der Waals surface area contributed by atoms with Gasteiger partial charge in [-0.15, -0.1) is 11.3 Å². The van der Waals surface area contributed by atoms with Crippen molar-refractivity contribution in [2.45, 2.75) is 13.5 Å². The van der Waals surface area contributed by atoms with Gasteiger partial charge in [0, 0.05) is 32.6 Å². The van der Waals surface area contributed by atoms with Crippen molar-refractivity contribution in [1.29, 1.82) is 0 Å². The number of hydrogen-bond acceptors (Lipinski definition) is 5. The third-order valence-corrected chi connectivity index (χ3v) is 4.77. The molecule has 1 atom stereocenters. The van der Waals surface area contributed by atoms with Gasteiger partial charge in [0.1, 0.15) is 10.7 Å². The van der Waals surface area contributed by atoms with E-state index in [1.54, 1.807) is 7.11 Å². The summed E-state index contributed by atoms with van der Waals surface area (Å²) < 4.78 is 5.09. The van der Waals surface area contributed by atoms with Crippen LogP contribution in [-0.4, -0.2) is 38.1 Å². The van der Waals surface area contributed by atoms with E-state index in [0.717, 1.165) is 22.9 Å². The highest BCUT2D eigenvalue weighted by molar-refractivity contribution is 7.09. The topological polar surface area (TPSA) is 45.7 Å². The van der Waals surface area contributed by atoms with E-state index in [2.05, 4.69) is 29.9 Å². The van der Waals surface area contributed by atoms with Crippen molar-refractivity contribution in [3.63, 3.8) is 0 Å². The highest BCUT2D eigenvalue weighted by Gasteiger charge is 2.28. The van der Waals surface area contributed by atoms with Crippen LogP contribution < -0.4 is 9.80 Å². The normalized spacial score (nSPS) is 17.8. The van der Waals surface area contributed by atoms with Crippen molar-refractivity contribution < 1.29 is 9.53 Å². The first-order valence-electron chi connectivity index (χ1n) is 7.65. The number of rotatable bonds is 3. The van der Waals surface area contributed by atoms with Crippen LogP contribution in [0.15, 0.2) is 29.6 Å². The van der Waals surface area contributed by atoms with Crippen LogP contribution in [0, 0.1) is 5.92 Å². The molecule has 23 heavy (non-hydrogen) atoms. The maximum absolute atomic E-state index is 13.0. The maximum Gasteiger partial charge on any atom is 0.277 e. The lowest BCUT2D eigenvalue weighted by Gasteiger charge is -2.23. The molecule has 0 saturated heterocycles. The van der Waals surface area contributed by atoms with Crippen LogP contribution in [-0.2, 0) is 11.3 Å². The zero-order chi connectivity index (χ0) is 16.4. The molecule has 0 bridgehead atoms. The van der Waals surface area contributed by atoms with Crippen molar-refractivity contribution in [2.24, 2.45) is 5.92 Å². The van der Waals surface area contributed by atoms with Gasteiger partial charge in [-0.1, -0.05) is 19.1 Å². The fourth-order valence-corrected chi connectivity index (χ4v) is 3.72. The van der Waals surface area contributed by atoms with Gasteiger partial charge in [0.05, 0.1) is 18.0 Å². The smallest absolute Gasteiger partial charge is 0.277 e. The van der Waals surface area contributed by atoms with Crippen LogP contribution in [0.3, 0.4) is 0 Å². The lowest BCUT2D eigenvalue weighted by Crippen LogP contribution is -2.35. The maximum atomic E-state index is 13.0. The minimum absolute atomic E-state index is 0.0433. The number of thiazole rings is 1. The predicted octanol–water partition coefficient (Wildman–Crippen LogP) is 3.02. The summed E-state index contributed by atoms with van der Waals surface area (Å²) in [5.74, 6) is 0.339. The second-order valence-electron chi connectivity index (χ2n) is 5.95. The van der Waals surface area contributed by atoms with E-state index in [0.29, 0.717) is 24.8 Å². The molecule has 2 aromatic rings. The highest BCUT2D eigenvalue weighted by atomic mass is 32.1. The fourth-order valence-electron chi connectivity index (χ4n) is 2.98. The van der Waals surface area contributed by atoms with Gasteiger partial charge < -0.3 is 14.5 Å². The number of nitrogens with zero attached hydrogens (tertiary/aromatic N) is 3. The predicted molar refractivity (Wildman–Crippen MR) is 93.4 cm³/mol.